The van der Waals surface area contributed by atoms with E-state index in [1.165, 1.54) is 40.7 Å². The van der Waals surface area contributed by atoms with Crippen LogP contribution in [0.3, 0.4) is 0 Å². The minimum absolute atomic E-state index is 0.0178. The second-order valence-corrected chi connectivity index (χ2v) is 10.3. The number of hydrogen-bond donors (Lipinski definition) is 1. The van der Waals surface area contributed by atoms with Crippen LogP contribution in [-0.2, 0) is 19.3 Å². The van der Waals surface area contributed by atoms with Crippen molar-refractivity contribution in [3.8, 4) is 0 Å². The maximum atomic E-state index is 12.9. The lowest BCUT2D eigenvalue weighted by Gasteiger charge is -2.36. The molecule has 33 heavy (non-hydrogen) atoms. The fourth-order valence-corrected chi connectivity index (χ4v) is 6.22. The van der Waals surface area contributed by atoms with Crippen molar-refractivity contribution in [3.05, 3.63) is 45.6 Å². The Balaban J connectivity index is 1.36. The molecule has 2 amide bonds. The quantitative estimate of drug-likeness (QED) is 0.555. The number of hydrogen-bond acceptors (Lipinski definition) is 5. The number of aromatic nitrogens is 2. The highest BCUT2D eigenvalue weighted by Crippen LogP contribution is 2.40. The molecule has 1 saturated heterocycles. The fourth-order valence-electron chi connectivity index (χ4n) is 4.95. The van der Waals surface area contributed by atoms with Crippen molar-refractivity contribution in [3.63, 3.8) is 0 Å². The van der Waals surface area contributed by atoms with Gasteiger partial charge < -0.3 is 15.1 Å². The molecule has 0 radical (unpaired) electrons. The van der Waals surface area contributed by atoms with E-state index in [4.69, 9.17) is 9.97 Å². The van der Waals surface area contributed by atoms with Crippen molar-refractivity contribution in [2.75, 3.05) is 36.4 Å². The largest absolute Gasteiger partial charge is 0.352 e. The summed E-state index contributed by atoms with van der Waals surface area (Å²) in [4.78, 5) is 29.9. The number of thiophene rings is 1. The van der Waals surface area contributed by atoms with Crippen molar-refractivity contribution in [2.24, 2.45) is 0 Å². The summed E-state index contributed by atoms with van der Waals surface area (Å²) in [6.45, 7) is 9.28. The number of carbonyl (C=O) groups excluding carboxylic acids is 1. The average molecular weight is 464 g/mol. The number of rotatable bonds is 4. The van der Waals surface area contributed by atoms with Gasteiger partial charge in [-0.3, -0.25) is 0 Å². The van der Waals surface area contributed by atoms with Crippen LogP contribution in [0.5, 0.6) is 0 Å². The normalized spacial score (nSPS) is 16.2. The third kappa shape index (κ3) is 4.31. The van der Waals surface area contributed by atoms with Gasteiger partial charge >= 0.3 is 6.03 Å². The molecule has 5 rings (SSSR count). The lowest BCUT2D eigenvalue weighted by atomic mass is 9.97. The highest BCUT2D eigenvalue weighted by molar-refractivity contribution is 7.19. The van der Waals surface area contributed by atoms with E-state index in [1.807, 2.05) is 28.4 Å². The molecule has 2 aliphatic rings. The van der Waals surface area contributed by atoms with Crippen LogP contribution in [0.1, 0.15) is 53.6 Å². The molecule has 6 nitrogen and oxygen atoms in total. The van der Waals surface area contributed by atoms with Gasteiger partial charge in [0.2, 0.25) is 0 Å². The van der Waals surface area contributed by atoms with Crippen LogP contribution < -0.4 is 10.2 Å². The number of nitrogens with one attached hydrogen (secondary N) is 1. The number of aryl methyl sites for hydroxylation is 4. The van der Waals surface area contributed by atoms with E-state index in [-0.39, 0.29) is 6.03 Å². The lowest BCUT2D eigenvalue weighted by molar-refractivity contribution is 0.208. The van der Waals surface area contributed by atoms with Crippen LogP contribution in [0.25, 0.3) is 10.2 Å². The minimum atomic E-state index is -0.0178. The molecule has 174 valence electrons. The number of urea groups is 1. The van der Waals surface area contributed by atoms with Gasteiger partial charge in [-0.2, -0.15) is 0 Å². The predicted octanol–water partition coefficient (Wildman–Crippen LogP) is 5.49. The molecule has 1 aromatic carbocycles. The SMILES string of the molecule is CCCc1nc(N2CCN(C(=O)Nc3cccc(C)c3C)CC2)c2c3c(sc2n1)CCCC3. The predicted molar refractivity (Wildman–Crippen MR) is 137 cm³/mol. The fraction of sp³-hybridized carbons (Fsp3) is 0.500. The summed E-state index contributed by atoms with van der Waals surface area (Å²) in [5.74, 6) is 2.05. The zero-order valence-corrected chi connectivity index (χ0v) is 20.7. The maximum Gasteiger partial charge on any atom is 0.321 e. The smallest absolute Gasteiger partial charge is 0.321 e. The molecule has 0 spiro atoms. The first-order chi connectivity index (χ1) is 16.0. The van der Waals surface area contributed by atoms with Crippen LogP contribution in [0, 0.1) is 13.8 Å². The summed E-state index contributed by atoms with van der Waals surface area (Å²) >= 11 is 1.87. The molecule has 1 aliphatic heterocycles. The topological polar surface area (TPSA) is 61.4 Å². The maximum absolute atomic E-state index is 12.9. The van der Waals surface area contributed by atoms with E-state index in [1.54, 1.807) is 0 Å². The molecule has 0 unspecified atom stereocenters. The summed E-state index contributed by atoms with van der Waals surface area (Å²) < 4.78 is 0. The summed E-state index contributed by atoms with van der Waals surface area (Å²) in [5, 5.41) is 4.39. The Kier molecular flexibility index (Phi) is 6.23. The van der Waals surface area contributed by atoms with E-state index in [0.717, 1.165) is 60.1 Å². The molecule has 0 bridgehead atoms. The molecule has 1 fully saturated rings. The Hall–Kier alpha value is -2.67. The molecule has 3 aromatic rings. The Bertz CT molecular complexity index is 1180. The van der Waals surface area contributed by atoms with Crippen molar-refractivity contribution in [2.45, 2.75) is 59.3 Å². The van der Waals surface area contributed by atoms with Gasteiger partial charge in [0, 0.05) is 43.2 Å². The Morgan fingerprint density at radius 3 is 2.67 bits per heavy atom. The molecule has 1 N–H and O–H groups in total. The van der Waals surface area contributed by atoms with Crippen molar-refractivity contribution < 1.29 is 4.79 Å². The standard InChI is InChI=1S/C26H33N5OS/c1-4-8-22-28-24(23-19-10-5-6-12-21(19)33-25(23)29-22)30-13-15-31(16-14-30)26(32)27-20-11-7-9-17(2)18(20)3/h7,9,11H,4-6,8,10,12-16H2,1-3H3,(H,27,32). The van der Waals surface area contributed by atoms with Crippen LogP contribution >= 0.6 is 11.3 Å². The van der Waals surface area contributed by atoms with Crippen LogP contribution in [0.2, 0.25) is 0 Å². The molecule has 2 aromatic heterocycles. The number of piperazine rings is 1. The molecule has 3 heterocycles. The monoisotopic (exact) mass is 463 g/mol. The number of amides is 2. The lowest BCUT2D eigenvalue weighted by Crippen LogP contribution is -2.50. The van der Waals surface area contributed by atoms with E-state index in [9.17, 15) is 4.79 Å². The van der Waals surface area contributed by atoms with Gasteiger partial charge in [-0.05, 0) is 68.7 Å². The van der Waals surface area contributed by atoms with E-state index >= 15 is 0 Å². The van der Waals surface area contributed by atoms with Gasteiger partial charge in [-0.1, -0.05) is 19.1 Å². The number of carbonyl (C=O) groups is 1. The van der Waals surface area contributed by atoms with E-state index < -0.39 is 0 Å². The summed E-state index contributed by atoms with van der Waals surface area (Å²) in [6.07, 6.45) is 6.79. The van der Waals surface area contributed by atoms with Crippen LogP contribution in [0.15, 0.2) is 18.2 Å². The van der Waals surface area contributed by atoms with Gasteiger partial charge in [0.1, 0.15) is 16.5 Å². The third-order valence-electron chi connectivity index (χ3n) is 7.03. The first-order valence-corrected chi connectivity index (χ1v) is 13.0. The van der Waals surface area contributed by atoms with Crippen molar-refractivity contribution >= 4 is 39.1 Å². The molecular weight excluding hydrogens is 430 g/mol. The molecular formula is C26H33N5OS. The number of nitrogens with zero attached hydrogens (tertiary/aromatic N) is 4. The van der Waals surface area contributed by atoms with Crippen molar-refractivity contribution in [1.82, 2.24) is 14.9 Å². The minimum Gasteiger partial charge on any atom is -0.352 e. The highest BCUT2D eigenvalue weighted by Gasteiger charge is 2.27. The second-order valence-electron chi connectivity index (χ2n) is 9.26. The van der Waals surface area contributed by atoms with Gasteiger partial charge in [-0.15, -0.1) is 11.3 Å². The molecule has 0 atom stereocenters. The van der Waals surface area contributed by atoms with Gasteiger partial charge in [-0.25, -0.2) is 14.8 Å². The van der Waals surface area contributed by atoms with E-state index in [2.05, 4.69) is 37.1 Å². The Morgan fingerprint density at radius 1 is 1.09 bits per heavy atom. The second kappa shape index (κ2) is 9.29. The third-order valence-corrected chi connectivity index (χ3v) is 8.21. The van der Waals surface area contributed by atoms with Gasteiger partial charge in [0.25, 0.3) is 0 Å². The van der Waals surface area contributed by atoms with E-state index in [0.29, 0.717) is 13.1 Å². The van der Waals surface area contributed by atoms with Crippen LogP contribution in [0.4, 0.5) is 16.3 Å². The van der Waals surface area contributed by atoms with Gasteiger partial charge in [0.05, 0.1) is 5.39 Å². The number of fused-ring (bicyclic) bond motifs is 3. The Labute approximate surface area is 200 Å². The summed E-state index contributed by atoms with van der Waals surface area (Å²) in [5.41, 5.74) is 4.69. The zero-order valence-electron chi connectivity index (χ0n) is 19.9. The molecule has 1 aliphatic carbocycles. The molecule has 0 saturated carbocycles. The van der Waals surface area contributed by atoms with Crippen molar-refractivity contribution in [1.29, 1.82) is 0 Å². The summed E-state index contributed by atoms with van der Waals surface area (Å²) in [6, 6.07) is 6.02. The number of benzene rings is 1. The highest BCUT2D eigenvalue weighted by atomic mass is 32.1. The van der Waals surface area contributed by atoms with Gasteiger partial charge in [0.15, 0.2) is 0 Å². The average Bonchev–Trinajstić information content (AvgIpc) is 3.20. The first-order valence-electron chi connectivity index (χ1n) is 12.2. The Morgan fingerprint density at radius 2 is 1.88 bits per heavy atom. The number of anilines is 2. The molecule has 7 heteroatoms. The van der Waals surface area contributed by atoms with Crippen LogP contribution in [-0.4, -0.2) is 47.1 Å². The first kappa shape index (κ1) is 22.1. The summed E-state index contributed by atoms with van der Waals surface area (Å²) in [7, 11) is 0. The zero-order chi connectivity index (χ0) is 22.9.